The fourth-order valence-electron chi connectivity index (χ4n) is 1.34. The van der Waals surface area contributed by atoms with E-state index < -0.39 is 11.8 Å². The number of anilines is 1. The van der Waals surface area contributed by atoms with Gasteiger partial charge in [-0.05, 0) is 0 Å². The summed E-state index contributed by atoms with van der Waals surface area (Å²) in [5.41, 5.74) is 7.82. The Kier molecular flexibility index (Phi) is 5.19. The van der Waals surface area contributed by atoms with Crippen LogP contribution in [0, 0.1) is 0 Å². The van der Waals surface area contributed by atoms with Crippen LogP contribution in [0.1, 0.15) is 42.5 Å². The molecule has 0 radical (unpaired) electrons. The highest BCUT2D eigenvalue weighted by Crippen LogP contribution is 2.15. The molecule has 0 fully saturated rings. The van der Waals surface area contributed by atoms with Crippen LogP contribution in [-0.2, 0) is 4.79 Å². The normalized spacial score (nSPS) is 10.3. The molecule has 0 saturated carbocycles. The highest BCUT2D eigenvalue weighted by molar-refractivity contribution is 5.97. The minimum atomic E-state index is -0.483. The van der Waals surface area contributed by atoms with E-state index in [1.807, 2.05) is 13.8 Å². The fraction of sp³-hybridized carbons (Fsp3) is 0.455. The number of hydrogen-bond acceptors (Lipinski definition) is 6. The van der Waals surface area contributed by atoms with Crippen LogP contribution in [-0.4, -0.2) is 28.3 Å². The maximum atomic E-state index is 11.9. The van der Waals surface area contributed by atoms with Crippen molar-refractivity contribution in [2.75, 3.05) is 12.0 Å². The molecule has 0 bridgehead atoms. The average molecular weight is 266 g/mol. The van der Waals surface area contributed by atoms with E-state index in [0.717, 1.165) is 0 Å². The van der Waals surface area contributed by atoms with Gasteiger partial charge in [-0.25, -0.2) is 9.97 Å². The third-order valence-electron chi connectivity index (χ3n) is 2.35. The van der Waals surface area contributed by atoms with E-state index in [1.54, 1.807) is 0 Å². The maximum Gasteiger partial charge on any atom is 0.272 e. The third kappa shape index (κ3) is 4.18. The highest BCUT2D eigenvalue weighted by atomic mass is 16.2. The molecule has 0 aliphatic carbocycles. The zero-order chi connectivity index (χ0) is 14.4. The van der Waals surface area contributed by atoms with Gasteiger partial charge in [0.1, 0.15) is 5.82 Å². The molecular weight excluding hydrogens is 248 g/mol. The molecule has 2 amide bonds. The molecular formula is C11H18N6O2. The number of hydrogen-bond donors (Lipinski definition) is 4. The molecule has 0 aliphatic heterocycles. The van der Waals surface area contributed by atoms with Gasteiger partial charge in [0.05, 0.1) is 11.9 Å². The fourth-order valence-corrected chi connectivity index (χ4v) is 1.34. The van der Waals surface area contributed by atoms with Gasteiger partial charge in [0.25, 0.3) is 5.91 Å². The number of carbonyl (C=O) groups is 2. The van der Waals surface area contributed by atoms with Crippen molar-refractivity contribution in [1.29, 1.82) is 0 Å². The summed E-state index contributed by atoms with van der Waals surface area (Å²) in [6.07, 6.45) is 1.52. The van der Waals surface area contributed by atoms with Crippen molar-refractivity contribution in [3.63, 3.8) is 0 Å². The first-order chi connectivity index (χ1) is 8.95. The lowest BCUT2D eigenvalue weighted by Gasteiger charge is -2.11. The number of nitrogens with one attached hydrogen (secondary N) is 2. The van der Waals surface area contributed by atoms with E-state index in [0.29, 0.717) is 11.5 Å². The van der Waals surface area contributed by atoms with Crippen LogP contribution in [0.5, 0.6) is 0 Å². The second-order valence-electron chi connectivity index (χ2n) is 4.26. The topological polar surface area (TPSA) is 136 Å². The number of rotatable bonds is 6. The number of amides is 2. The quantitative estimate of drug-likeness (QED) is 0.404. The van der Waals surface area contributed by atoms with Crippen molar-refractivity contribution >= 4 is 17.5 Å². The van der Waals surface area contributed by atoms with Gasteiger partial charge in [-0.15, -0.1) is 0 Å². The smallest absolute Gasteiger partial charge is 0.272 e. The van der Waals surface area contributed by atoms with Gasteiger partial charge in [-0.1, -0.05) is 13.8 Å². The van der Waals surface area contributed by atoms with Crippen molar-refractivity contribution in [2.24, 2.45) is 11.6 Å². The van der Waals surface area contributed by atoms with E-state index in [1.165, 1.54) is 6.20 Å². The number of primary amides is 1. The Labute approximate surface area is 110 Å². The van der Waals surface area contributed by atoms with Crippen LogP contribution < -0.4 is 22.3 Å². The number of carbonyl (C=O) groups excluding carboxylic acids is 2. The van der Waals surface area contributed by atoms with Crippen LogP contribution >= 0.6 is 0 Å². The molecule has 0 spiro atoms. The van der Waals surface area contributed by atoms with Gasteiger partial charge in [-0.2, -0.15) is 0 Å². The summed E-state index contributed by atoms with van der Waals surface area (Å²) in [6.45, 7) is 3.98. The minimum Gasteiger partial charge on any atom is -0.370 e. The molecule has 19 heavy (non-hydrogen) atoms. The molecule has 1 aromatic rings. The predicted molar refractivity (Wildman–Crippen MR) is 70.1 cm³/mol. The van der Waals surface area contributed by atoms with Gasteiger partial charge in [0.15, 0.2) is 5.69 Å². The van der Waals surface area contributed by atoms with Crippen LogP contribution in [0.25, 0.3) is 0 Å². The van der Waals surface area contributed by atoms with Crippen molar-refractivity contribution in [2.45, 2.75) is 26.2 Å². The summed E-state index contributed by atoms with van der Waals surface area (Å²) in [7, 11) is 0. The Morgan fingerprint density at radius 3 is 2.63 bits per heavy atom. The third-order valence-corrected chi connectivity index (χ3v) is 2.35. The number of nitrogens with two attached hydrogens (primary N) is 2. The minimum absolute atomic E-state index is 0.0687. The van der Waals surface area contributed by atoms with Crippen LogP contribution in [0.2, 0.25) is 0 Å². The molecule has 1 heterocycles. The van der Waals surface area contributed by atoms with Crippen LogP contribution in [0.3, 0.4) is 0 Å². The standard InChI is InChI=1S/C11H18N6O2/c1-6(2)10-15-5-7(17-13)9(16-10)11(19)14-4-3-8(12)18/h5-6,17H,3-4,13H2,1-2H3,(H2,12,18)(H,14,19). The summed E-state index contributed by atoms with van der Waals surface area (Å²) >= 11 is 0. The van der Waals surface area contributed by atoms with Crippen molar-refractivity contribution in [3.8, 4) is 0 Å². The van der Waals surface area contributed by atoms with Gasteiger partial charge < -0.3 is 16.5 Å². The summed E-state index contributed by atoms with van der Waals surface area (Å²) in [5, 5.41) is 2.55. The first-order valence-electron chi connectivity index (χ1n) is 5.85. The molecule has 8 heteroatoms. The lowest BCUT2D eigenvalue weighted by atomic mass is 10.2. The summed E-state index contributed by atoms with van der Waals surface area (Å²) in [5.74, 6) is 5.02. The van der Waals surface area contributed by atoms with Gasteiger partial charge in [0, 0.05) is 18.9 Å². The second-order valence-corrected chi connectivity index (χ2v) is 4.26. The lowest BCUT2D eigenvalue weighted by Crippen LogP contribution is -2.30. The van der Waals surface area contributed by atoms with Crippen molar-refractivity contribution in [1.82, 2.24) is 15.3 Å². The lowest BCUT2D eigenvalue weighted by molar-refractivity contribution is -0.117. The SMILES string of the molecule is CC(C)c1ncc(NN)c(C(=O)NCCC(N)=O)n1. The van der Waals surface area contributed by atoms with E-state index in [4.69, 9.17) is 11.6 Å². The first kappa shape index (κ1) is 14.8. The van der Waals surface area contributed by atoms with Crippen molar-refractivity contribution in [3.05, 3.63) is 17.7 Å². The summed E-state index contributed by atoms with van der Waals surface area (Å²) < 4.78 is 0. The first-order valence-corrected chi connectivity index (χ1v) is 5.85. The Morgan fingerprint density at radius 1 is 1.42 bits per heavy atom. The zero-order valence-corrected chi connectivity index (χ0v) is 10.9. The molecule has 104 valence electrons. The molecule has 0 aromatic carbocycles. The average Bonchev–Trinajstić information content (AvgIpc) is 2.37. The molecule has 0 unspecified atom stereocenters. The molecule has 1 aromatic heterocycles. The van der Waals surface area contributed by atoms with E-state index in [9.17, 15) is 9.59 Å². The predicted octanol–water partition coefficient (Wildman–Crippen LogP) is -0.509. The molecule has 0 atom stereocenters. The largest absolute Gasteiger partial charge is 0.370 e. The summed E-state index contributed by atoms with van der Waals surface area (Å²) in [6, 6.07) is 0. The van der Waals surface area contributed by atoms with Gasteiger partial charge in [0.2, 0.25) is 5.91 Å². The molecule has 1 rings (SSSR count). The Bertz CT molecular complexity index is 474. The maximum absolute atomic E-state index is 11.9. The monoisotopic (exact) mass is 266 g/mol. The Morgan fingerprint density at radius 2 is 2.11 bits per heavy atom. The van der Waals surface area contributed by atoms with Gasteiger partial charge >= 0.3 is 0 Å². The van der Waals surface area contributed by atoms with Crippen LogP contribution in [0.4, 0.5) is 5.69 Å². The number of nitrogen functional groups attached to an aromatic ring is 1. The van der Waals surface area contributed by atoms with Crippen LogP contribution in [0.15, 0.2) is 6.20 Å². The number of nitrogens with zero attached hydrogens (tertiary/aromatic N) is 2. The van der Waals surface area contributed by atoms with E-state index >= 15 is 0 Å². The highest BCUT2D eigenvalue weighted by Gasteiger charge is 2.15. The second kappa shape index (κ2) is 6.64. The van der Waals surface area contributed by atoms with E-state index in [-0.39, 0.29) is 24.6 Å². The Hall–Kier alpha value is -2.22. The van der Waals surface area contributed by atoms with Crippen molar-refractivity contribution < 1.29 is 9.59 Å². The number of hydrazine groups is 1. The molecule has 0 aliphatic rings. The molecule has 8 nitrogen and oxygen atoms in total. The number of aromatic nitrogens is 2. The van der Waals surface area contributed by atoms with E-state index in [2.05, 4.69) is 20.7 Å². The zero-order valence-electron chi connectivity index (χ0n) is 10.9. The summed E-state index contributed by atoms with van der Waals surface area (Å²) in [4.78, 5) is 30.8. The molecule has 0 saturated heterocycles. The Balaban J connectivity index is 2.86. The molecule has 6 N–H and O–H groups in total. The van der Waals surface area contributed by atoms with Gasteiger partial charge in [-0.3, -0.25) is 15.4 Å².